The highest BCUT2D eigenvalue weighted by Crippen LogP contribution is 2.23. The lowest BCUT2D eigenvalue weighted by Crippen LogP contribution is -2.09. The van der Waals surface area contributed by atoms with E-state index in [9.17, 15) is 4.39 Å². The van der Waals surface area contributed by atoms with Gasteiger partial charge in [0.15, 0.2) is 17.4 Å². The number of hydrazine groups is 1. The molecule has 1 aromatic heterocycles. The van der Waals surface area contributed by atoms with Gasteiger partial charge in [-0.25, -0.2) is 10.2 Å². The molecule has 6 heteroatoms. The molecule has 1 aromatic carbocycles. The molecule has 88 valence electrons. The SMILES string of the molecule is COc1ccc(-c2ccc(NN)nn2)cc1F. The Morgan fingerprint density at radius 3 is 2.59 bits per heavy atom. The van der Waals surface area contributed by atoms with E-state index < -0.39 is 5.82 Å². The van der Waals surface area contributed by atoms with Crippen LogP contribution in [0.3, 0.4) is 0 Å². The first-order chi connectivity index (χ1) is 8.24. The van der Waals surface area contributed by atoms with Crippen LogP contribution in [0.5, 0.6) is 5.75 Å². The molecule has 0 radical (unpaired) electrons. The molecule has 2 rings (SSSR count). The molecule has 0 fully saturated rings. The van der Waals surface area contributed by atoms with Crippen molar-refractivity contribution in [3.8, 4) is 17.0 Å². The normalized spacial score (nSPS) is 10.1. The fourth-order valence-electron chi connectivity index (χ4n) is 1.39. The molecule has 0 aliphatic rings. The van der Waals surface area contributed by atoms with E-state index in [-0.39, 0.29) is 5.75 Å². The Kier molecular flexibility index (Phi) is 3.15. The van der Waals surface area contributed by atoms with Crippen LogP contribution < -0.4 is 16.0 Å². The zero-order chi connectivity index (χ0) is 12.3. The smallest absolute Gasteiger partial charge is 0.165 e. The first kappa shape index (κ1) is 11.3. The Hall–Kier alpha value is -2.21. The summed E-state index contributed by atoms with van der Waals surface area (Å²) in [4.78, 5) is 0. The molecule has 0 bridgehead atoms. The maximum atomic E-state index is 13.5. The predicted molar refractivity (Wildman–Crippen MR) is 61.8 cm³/mol. The zero-order valence-electron chi connectivity index (χ0n) is 9.14. The number of halogens is 1. The van der Waals surface area contributed by atoms with Crippen LogP contribution in [0.2, 0.25) is 0 Å². The molecule has 17 heavy (non-hydrogen) atoms. The van der Waals surface area contributed by atoms with E-state index in [4.69, 9.17) is 10.6 Å². The maximum absolute atomic E-state index is 13.5. The van der Waals surface area contributed by atoms with Gasteiger partial charge in [0.1, 0.15) is 0 Å². The first-order valence-electron chi connectivity index (χ1n) is 4.89. The van der Waals surface area contributed by atoms with Crippen LogP contribution in [-0.4, -0.2) is 17.3 Å². The molecule has 2 aromatic rings. The lowest BCUT2D eigenvalue weighted by molar-refractivity contribution is 0.386. The van der Waals surface area contributed by atoms with Gasteiger partial charge in [-0.3, -0.25) is 0 Å². The topological polar surface area (TPSA) is 73.1 Å². The summed E-state index contributed by atoms with van der Waals surface area (Å²) in [5, 5.41) is 7.72. The zero-order valence-corrected chi connectivity index (χ0v) is 9.14. The van der Waals surface area contributed by atoms with Gasteiger partial charge in [0, 0.05) is 5.56 Å². The van der Waals surface area contributed by atoms with Gasteiger partial charge < -0.3 is 10.2 Å². The number of anilines is 1. The fourth-order valence-corrected chi connectivity index (χ4v) is 1.39. The predicted octanol–water partition coefficient (Wildman–Crippen LogP) is 1.58. The number of benzene rings is 1. The average Bonchev–Trinajstić information content (AvgIpc) is 2.39. The Morgan fingerprint density at radius 1 is 1.24 bits per heavy atom. The van der Waals surface area contributed by atoms with Gasteiger partial charge in [0.05, 0.1) is 12.8 Å². The second kappa shape index (κ2) is 4.75. The Morgan fingerprint density at radius 2 is 2.06 bits per heavy atom. The summed E-state index contributed by atoms with van der Waals surface area (Å²) in [6.45, 7) is 0. The van der Waals surface area contributed by atoms with Crippen LogP contribution in [0, 0.1) is 5.82 Å². The number of methoxy groups -OCH3 is 1. The number of ether oxygens (including phenoxy) is 1. The Labute approximate surface area is 97.4 Å². The number of hydrogen-bond donors (Lipinski definition) is 2. The summed E-state index contributed by atoms with van der Waals surface area (Å²) < 4.78 is 18.3. The molecule has 0 unspecified atom stereocenters. The van der Waals surface area contributed by atoms with Gasteiger partial charge in [-0.2, -0.15) is 0 Å². The molecule has 0 atom stereocenters. The highest BCUT2D eigenvalue weighted by molar-refractivity contribution is 5.60. The van der Waals surface area contributed by atoms with E-state index >= 15 is 0 Å². The van der Waals surface area contributed by atoms with E-state index in [0.717, 1.165) is 0 Å². The lowest BCUT2D eigenvalue weighted by atomic mass is 10.1. The Bertz CT molecular complexity index is 515. The van der Waals surface area contributed by atoms with E-state index in [1.807, 2.05) is 0 Å². The minimum Gasteiger partial charge on any atom is -0.494 e. The van der Waals surface area contributed by atoms with Crippen molar-refractivity contribution in [2.75, 3.05) is 12.5 Å². The number of nitrogens with one attached hydrogen (secondary N) is 1. The molecule has 5 nitrogen and oxygen atoms in total. The van der Waals surface area contributed by atoms with Crippen molar-refractivity contribution in [1.29, 1.82) is 0 Å². The van der Waals surface area contributed by atoms with Crippen LogP contribution in [0.1, 0.15) is 0 Å². The number of nitrogen functional groups attached to an aromatic ring is 1. The summed E-state index contributed by atoms with van der Waals surface area (Å²) in [5.41, 5.74) is 3.55. The standard InChI is InChI=1S/C11H11FN4O/c1-17-10-4-2-7(6-8(10)12)9-3-5-11(14-13)16-15-9/h2-6H,13H2,1H3,(H,14,16). The monoisotopic (exact) mass is 234 g/mol. The molecule has 0 spiro atoms. The highest BCUT2D eigenvalue weighted by Gasteiger charge is 2.06. The van der Waals surface area contributed by atoms with Crippen molar-refractivity contribution in [2.45, 2.75) is 0 Å². The average molecular weight is 234 g/mol. The molecule has 1 heterocycles. The minimum atomic E-state index is -0.437. The summed E-state index contributed by atoms with van der Waals surface area (Å²) in [6.07, 6.45) is 0. The third kappa shape index (κ3) is 2.31. The van der Waals surface area contributed by atoms with Crippen molar-refractivity contribution in [3.05, 3.63) is 36.1 Å². The van der Waals surface area contributed by atoms with Crippen LogP contribution in [0.25, 0.3) is 11.3 Å². The van der Waals surface area contributed by atoms with Gasteiger partial charge in [0.25, 0.3) is 0 Å². The molecule has 0 aliphatic carbocycles. The van der Waals surface area contributed by atoms with Gasteiger partial charge in [0.2, 0.25) is 0 Å². The van der Waals surface area contributed by atoms with Crippen molar-refractivity contribution >= 4 is 5.82 Å². The minimum absolute atomic E-state index is 0.196. The fraction of sp³-hybridized carbons (Fsp3) is 0.0909. The number of nitrogens with zero attached hydrogens (tertiary/aromatic N) is 2. The van der Waals surface area contributed by atoms with E-state index in [1.54, 1.807) is 24.3 Å². The van der Waals surface area contributed by atoms with Crippen LogP contribution in [0.4, 0.5) is 10.2 Å². The van der Waals surface area contributed by atoms with E-state index in [1.165, 1.54) is 13.2 Å². The summed E-state index contributed by atoms with van der Waals surface area (Å²) in [6, 6.07) is 7.95. The van der Waals surface area contributed by atoms with Crippen molar-refractivity contribution < 1.29 is 9.13 Å². The molecular formula is C11H11FN4O. The second-order valence-corrected chi connectivity index (χ2v) is 3.30. The third-order valence-corrected chi connectivity index (χ3v) is 2.26. The molecule has 0 aliphatic heterocycles. The number of hydrogen-bond acceptors (Lipinski definition) is 5. The second-order valence-electron chi connectivity index (χ2n) is 3.30. The van der Waals surface area contributed by atoms with Crippen LogP contribution in [-0.2, 0) is 0 Å². The van der Waals surface area contributed by atoms with Gasteiger partial charge >= 0.3 is 0 Å². The van der Waals surface area contributed by atoms with Crippen LogP contribution >= 0.6 is 0 Å². The van der Waals surface area contributed by atoms with Crippen molar-refractivity contribution in [3.63, 3.8) is 0 Å². The molecule has 0 amide bonds. The highest BCUT2D eigenvalue weighted by atomic mass is 19.1. The molecule has 3 N–H and O–H groups in total. The number of aromatic nitrogens is 2. The van der Waals surface area contributed by atoms with Crippen molar-refractivity contribution in [1.82, 2.24) is 10.2 Å². The number of rotatable bonds is 3. The lowest BCUT2D eigenvalue weighted by Gasteiger charge is -2.05. The Balaban J connectivity index is 2.35. The third-order valence-electron chi connectivity index (χ3n) is 2.26. The van der Waals surface area contributed by atoms with Gasteiger partial charge in [-0.05, 0) is 30.3 Å². The van der Waals surface area contributed by atoms with Crippen LogP contribution in [0.15, 0.2) is 30.3 Å². The quantitative estimate of drug-likeness (QED) is 0.623. The maximum Gasteiger partial charge on any atom is 0.165 e. The summed E-state index contributed by atoms with van der Waals surface area (Å²) in [5.74, 6) is 5.38. The molecule has 0 saturated carbocycles. The molecule has 0 saturated heterocycles. The van der Waals surface area contributed by atoms with Gasteiger partial charge in [-0.1, -0.05) is 0 Å². The van der Waals surface area contributed by atoms with E-state index in [2.05, 4.69) is 15.6 Å². The van der Waals surface area contributed by atoms with Crippen molar-refractivity contribution in [2.24, 2.45) is 5.84 Å². The molecular weight excluding hydrogens is 223 g/mol. The van der Waals surface area contributed by atoms with Gasteiger partial charge in [-0.15, -0.1) is 10.2 Å². The van der Waals surface area contributed by atoms with E-state index in [0.29, 0.717) is 17.1 Å². The number of nitrogens with two attached hydrogens (primary N) is 1. The first-order valence-corrected chi connectivity index (χ1v) is 4.89. The summed E-state index contributed by atoms with van der Waals surface area (Å²) >= 11 is 0. The summed E-state index contributed by atoms with van der Waals surface area (Å²) in [7, 11) is 1.42. The largest absolute Gasteiger partial charge is 0.494 e.